The monoisotopic (exact) mass is 307 g/mol. The maximum Gasteiger partial charge on any atom is 0.387 e. The summed E-state index contributed by atoms with van der Waals surface area (Å²) in [6.07, 6.45) is 0.564. The molecule has 1 rings (SSSR count). The number of hydrogen-bond acceptors (Lipinski definition) is 4. The SMILES string of the molecule is CCCN(CC(=O)O)C(=O)c1sc(C)cc1OC(F)F. The van der Waals surface area contributed by atoms with Crippen molar-refractivity contribution in [1.82, 2.24) is 4.90 Å². The van der Waals surface area contributed by atoms with Crippen LogP contribution in [0, 0.1) is 6.92 Å². The van der Waals surface area contributed by atoms with Gasteiger partial charge >= 0.3 is 12.6 Å². The van der Waals surface area contributed by atoms with E-state index in [0.717, 1.165) is 16.2 Å². The highest BCUT2D eigenvalue weighted by Crippen LogP contribution is 2.31. The third-order valence-electron chi connectivity index (χ3n) is 2.34. The molecule has 1 amide bonds. The van der Waals surface area contributed by atoms with Crippen molar-refractivity contribution >= 4 is 23.2 Å². The fourth-order valence-electron chi connectivity index (χ4n) is 1.65. The second-order valence-electron chi connectivity index (χ2n) is 4.05. The Balaban J connectivity index is 3.01. The van der Waals surface area contributed by atoms with Crippen LogP contribution in [0.3, 0.4) is 0 Å². The van der Waals surface area contributed by atoms with E-state index >= 15 is 0 Å². The van der Waals surface area contributed by atoms with Gasteiger partial charge in [0.2, 0.25) is 0 Å². The highest BCUT2D eigenvalue weighted by Gasteiger charge is 2.25. The molecule has 0 fully saturated rings. The van der Waals surface area contributed by atoms with E-state index in [1.807, 2.05) is 0 Å². The van der Waals surface area contributed by atoms with Gasteiger partial charge in [-0.3, -0.25) is 9.59 Å². The van der Waals surface area contributed by atoms with Crippen molar-refractivity contribution in [2.24, 2.45) is 0 Å². The number of aliphatic carboxylic acids is 1. The fourth-order valence-corrected chi connectivity index (χ4v) is 2.56. The number of thiophene rings is 1. The molecule has 0 saturated carbocycles. The molecule has 0 aliphatic heterocycles. The van der Waals surface area contributed by atoms with Crippen molar-refractivity contribution in [3.8, 4) is 5.75 Å². The van der Waals surface area contributed by atoms with Crippen LogP contribution in [0.4, 0.5) is 8.78 Å². The fraction of sp³-hybridized carbons (Fsp3) is 0.500. The Labute approximate surface area is 118 Å². The Morgan fingerprint density at radius 2 is 2.15 bits per heavy atom. The molecule has 0 unspecified atom stereocenters. The van der Waals surface area contributed by atoms with Gasteiger partial charge in [-0.05, 0) is 19.4 Å². The lowest BCUT2D eigenvalue weighted by Gasteiger charge is -2.19. The van der Waals surface area contributed by atoms with Crippen LogP contribution in [0.25, 0.3) is 0 Å². The minimum absolute atomic E-state index is 0.00231. The summed E-state index contributed by atoms with van der Waals surface area (Å²) in [6.45, 7) is 0.169. The number of ether oxygens (including phenoxy) is 1. The summed E-state index contributed by atoms with van der Waals surface area (Å²) in [4.78, 5) is 24.7. The molecule has 0 aliphatic rings. The quantitative estimate of drug-likeness (QED) is 0.841. The van der Waals surface area contributed by atoms with E-state index in [1.165, 1.54) is 6.07 Å². The highest BCUT2D eigenvalue weighted by molar-refractivity contribution is 7.14. The van der Waals surface area contributed by atoms with Gasteiger partial charge in [-0.1, -0.05) is 6.92 Å². The zero-order valence-corrected chi connectivity index (χ0v) is 11.9. The molecule has 0 bridgehead atoms. The molecule has 0 spiro atoms. The van der Waals surface area contributed by atoms with Crippen molar-refractivity contribution in [1.29, 1.82) is 0 Å². The standard InChI is InChI=1S/C12H15F2NO4S/c1-3-4-15(6-9(16)17)11(18)10-8(19-12(13)14)5-7(2)20-10/h5,12H,3-4,6H2,1-2H3,(H,16,17). The minimum Gasteiger partial charge on any atom is -0.480 e. The molecule has 1 aromatic heterocycles. The molecule has 5 nitrogen and oxygen atoms in total. The topological polar surface area (TPSA) is 66.8 Å². The van der Waals surface area contributed by atoms with Gasteiger partial charge in [0.25, 0.3) is 5.91 Å². The highest BCUT2D eigenvalue weighted by atomic mass is 32.1. The first-order valence-electron chi connectivity index (χ1n) is 5.91. The summed E-state index contributed by atoms with van der Waals surface area (Å²) in [5, 5.41) is 8.78. The maximum atomic E-state index is 12.3. The van der Waals surface area contributed by atoms with Crippen LogP contribution in [0.1, 0.15) is 27.9 Å². The first-order valence-corrected chi connectivity index (χ1v) is 6.73. The number of rotatable bonds is 7. The Bertz CT molecular complexity index is 490. The number of halogens is 2. The molecule has 8 heteroatoms. The number of amides is 1. The summed E-state index contributed by atoms with van der Waals surface area (Å²) in [5.74, 6) is -1.97. The van der Waals surface area contributed by atoms with Gasteiger partial charge in [0, 0.05) is 11.4 Å². The van der Waals surface area contributed by atoms with E-state index in [4.69, 9.17) is 5.11 Å². The van der Waals surface area contributed by atoms with Crippen LogP contribution in [0.5, 0.6) is 5.75 Å². The summed E-state index contributed by atoms with van der Waals surface area (Å²) in [6, 6.07) is 1.34. The molecule has 20 heavy (non-hydrogen) atoms. The van der Waals surface area contributed by atoms with Crippen LogP contribution in [0.15, 0.2) is 6.07 Å². The van der Waals surface area contributed by atoms with E-state index in [0.29, 0.717) is 11.3 Å². The van der Waals surface area contributed by atoms with Crippen molar-refractivity contribution < 1.29 is 28.2 Å². The van der Waals surface area contributed by atoms with Crippen LogP contribution in [0.2, 0.25) is 0 Å². The predicted octanol–water partition coefficient (Wildman–Crippen LogP) is 2.59. The Hall–Kier alpha value is -1.70. The lowest BCUT2D eigenvalue weighted by atomic mass is 10.3. The third-order valence-corrected chi connectivity index (χ3v) is 3.36. The van der Waals surface area contributed by atoms with Gasteiger partial charge in [-0.25, -0.2) is 0 Å². The zero-order chi connectivity index (χ0) is 15.3. The predicted molar refractivity (Wildman–Crippen MR) is 69.5 cm³/mol. The molecule has 0 radical (unpaired) electrons. The molecule has 0 aromatic carbocycles. The summed E-state index contributed by atoms with van der Waals surface area (Å²) in [5.41, 5.74) is 0. The molecule has 1 N–H and O–H groups in total. The lowest BCUT2D eigenvalue weighted by molar-refractivity contribution is -0.137. The molecule has 1 heterocycles. The Kier molecular flexibility index (Phi) is 5.87. The summed E-state index contributed by atoms with van der Waals surface area (Å²) >= 11 is 1.00. The van der Waals surface area contributed by atoms with Crippen molar-refractivity contribution in [2.45, 2.75) is 26.9 Å². The molecule has 0 saturated heterocycles. The first kappa shape index (κ1) is 16.4. The summed E-state index contributed by atoms with van der Waals surface area (Å²) in [7, 11) is 0. The van der Waals surface area contributed by atoms with Gasteiger partial charge in [0.05, 0.1) is 0 Å². The summed E-state index contributed by atoms with van der Waals surface area (Å²) < 4.78 is 28.9. The third kappa shape index (κ3) is 4.44. The second-order valence-corrected chi connectivity index (χ2v) is 5.31. The van der Waals surface area contributed by atoms with Gasteiger partial charge in [0.15, 0.2) is 0 Å². The van der Waals surface area contributed by atoms with E-state index in [2.05, 4.69) is 4.74 Å². The normalized spacial score (nSPS) is 10.7. The van der Waals surface area contributed by atoms with Crippen LogP contribution >= 0.6 is 11.3 Å². The second kappa shape index (κ2) is 7.18. The molecule has 112 valence electrons. The largest absolute Gasteiger partial charge is 0.480 e. The van der Waals surface area contributed by atoms with Gasteiger partial charge in [-0.2, -0.15) is 8.78 Å². The van der Waals surface area contributed by atoms with Crippen LogP contribution in [-0.4, -0.2) is 41.6 Å². The molecule has 0 aliphatic carbocycles. The number of hydrogen-bond donors (Lipinski definition) is 1. The number of carbonyl (C=O) groups excluding carboxylic acids is 1. The Morgan fingerprint density at radius 1 is 1.50 bits per heavy atom. The number of carbonyl (C=O) groups is 2. The van der Waals surface area contributed by atoms with Gasteiger partial charge in [0.1, 0.15) is 17.2 Å². The van der Waals surface area contributed by atoms with Gasteiger partial charge < -0.3 is 14.7 Å². The minimum atomic E-state index is -3.03. The smallest absolute Gasteiger partial charge is 0.387 e. The van der Waals surface area contributed by atoms with Crippen molar-refractivity contribution in [3.63, 3.8) is 0 Å². The number of carboxylic acids is 1. The van der Waals surface area contributed by atoms with E-state index < -0.39 is 25.0 Å². The average Bonchev–Trinajstić information content (AvgIpc) is 2.67. The first-order chi connectivity index (χ1) is 9.35. The van der Waals surface area contributed by atoms with Crippen molar-refractivity contribution in [2.75, 3.05) is 13.1 Å². The maximum absolute atomic E-state index is 12.3. The van der Waals surface area contributed by atoms with Crippen LogP contribution < -0.4 is 4.74 Å². The zero-order valence-electron chi connectivity index (χ0n) is 11.1. The van der Waals surface area contributed by atoms with Crippen molar-refractivity contribution in [3.05, 3.63) is 15.8 Å². The number of alkyl halides is 2. The van der Waals surface area contributed by atoms with E-state index in [1.54, 1.807) is 13.8 Å². The Morgan fingerprint density at radius 3 is 2.65 bits per heavy atom. The lowest BCUT2D eigenvalue weighted by Crippen LogP contribution is -2.36. The van der Waals surface area contributed by atoms with Crippen LogP contribution in [-0.2, 0) is 4.79 Å². The number of carboxylic acid groups (broad SMARTS) is 1. The molecular weight excluding hydrogens is 292 g/mol. The number of aryl methyl sites for hydroxylation is 1. The molecule has 0 atom stereocenters. The molecule has 1 aromatic rings. The molecular formula is C12H15F2NO4S. The van der Waals surface area contributed by atoms with E-state index in [9.17, 15) is 18.4 Å². The number of nitrogens with zero attached hydrogens (tertiary/aromatic N) is 1. The average molecular weight is 307 g/mol. The van der Waals surface area contributed by atoms with E-state index in [-0.39, 0.29) is 17.2 Å². The van der Waals surface area contributed by atoms with Gasteiger partial charge in [-0.15, -0.1) is 11.3 Å².